The Morgan fingerprint density at radius 2 is 1.91 bits per heavy atom. The van der Waals surface area contributed by atoms with Gasteiger partial charge in [0.05, 0.1) is 17.4 Å². The lowest BCUT2D eigenvalue weighted by Crippen LogP contribution is -2.46. The minimum absolute atomic E-state index is 0.0215. The highest BCUT2D eigenvalue weighted by atomic mass is 32.2. The molecule has 1 aromatic rings. The van der Waals surface area contributed by atoms with Crippen LogP contribution in [0, 0.1) is 5.92 Å². The predicted molar refractivity (Wildman–Crippen MR) is 83.6 cm³/mol. The van der Waals surface area contributed by atoms with Crippen molar-refractivity contribution >= 4 is 15.7 Å². The number of hydrogen-bond donors (Lipinski definition) is 0. The maximum absolute atomic E-state index is 12.7. The average Bonchev–Trinajstić information content (AvgIpc) is 2.53. The van der Waals surface area contributed by atoms with Gasteiger partial charge in [-0.3, -0.25) is 4.79 Å². The van der Waals surface area contributed by atoms with E-state index in [2.05, 4.69) is 0 Å². The van der Waals surface area contributed by atoms with Gasteiger partial charge in [-0.25, -0.2) is 8.42 Å². The van der Waals surface area contributed by atoms with E-state index in [0.29, 0.717) is 25.9 Å². The molecule has 6 heteroatoms. The highest BCUT2D eigenvalue weighted by molar-refractivity contribution is 7.91. The third-order valence-corrected chi connectivity index (χ3v) is 6.36. The van der Waals surface area contributed by atoms with Crippen LogP contribution in [-0.2, 0) is 21.1 Å². The lowest BCUT2D eigenvalue weighted by Gasteiger charge is -2.34. The van der Waals surface area contributed by atoms with E-state index in [1.807, 2.05) is 24.3 Å². The molecule has 2 aliphatic rings. The Balaban J connectivity index is 1.65. The molecule has 1 aromatic carbocycles. The minimum atomic E-state index is -2.90. The molecule has 0 aliphatic carbocycles. The molecule has 120 valence electrons. The summed E-state index contributed by atoms with van der Waals surface area (Å²) in [7, 11) is -1.12. The summed E-state index contributed by atoms with van der Waals surface area (Å²) in [5, 5.41) is 0. The first-order chi connectivity index (χ1) is 10.5. The Bertz CT molecular complexity index is 656. The molecular formula is C16H21NO4S. The summed E-state index contributed by atoms with van der Waals surface area (Å²) in [6.07, 6.45) is 1.76. The molecule has 0 aromatic heterocycles. The van der Waals surface area contributed by atoms with Crippen molar-refractivity contribution in [2.24, 2.45) is 5.92 Å². The molecule has 1 fully saturated rings. The van der Waals surface area contributed by atoms with Crippen molar-refractivity contribution < 1.29 is 17.9 Å². The molecule has 2 heterocycles. The van der Waals surface area contributed by atoms with E-state index in [4.69, 9.17) is 4.74 Å². The summed E-state index contributed by atoms with van der Waals surface area (Å²) < 4.78 is 28.7. The van der Waals surface area contributed by atoms with Gasteiger partial charge in [0.2, 0.25) is 5.91 Å². The Hall–Kier alpha value is -1.56. The Labute approximate surface area is 131 Å². The van der Waals surface area contributed by atoms with Crippen LogP contribution in [0.3, 0.4) is 0 Å². The Morgan fingerprint density at radius 1 is 1.23 bits per heavy atom. The first-order valence-electron chi connectivity index (χ1n) is 7.64. The van der Waals surface area contributed by atoms with E-state index >= 15 is 0 Å². The van der Waals surface area contributed by atoms with Crippen molar-refractivity contribution in [2.75, 3.05) is 25.2 Å². The topological polar surface area (TPSA) is 63.7 Å². The maximum Gasteiger partial charge on any atom is 0.229 e. The molecular weight excluding hydrogens is 302 g/mol. The number of rotatable bonds is 2. The number of amides is 1. The van der Waals surface area contributed by atoms with Gasteiger partial charge in [0.25, 0.3) is 0 Å². The standard InChI is InChI=1S/C16H21NO4S/c1-17(14-6-8-22(19,20)9-7-14)16(18)13-10-12-4-2-3-5-15(12)21-11-13/h2-5,13-14H,6-11H2,1H3/t13-/m0/s1. The van der Waals surface area contributed by atoms with Crippen LogP contribution in [-0.4, -0.2) is 50.4 Å². The molecule has 1 saturated heterocycles. The zero-order valence-electron chi connectivity index (χ0n) is 12.7. The normalized spacial score (nSPS) is 24.1. The predicted octanol–water partition coefficient (Wildman–Crippen LogP) is 1.27. The molecule has 22 heavy (non-hydrogen) atoms. The number of benzene rings is 1. The fourth-order valence-electron chi connectivity index (χ4n) is 3.22. The number of carbonyl (C=O) groups excluding carboxylic acids is 1. The molecule has 0 N–H and O–H groups in total. The van der Waals surface area contributed by atoms with Crippen LogP contribution in [0.4, 0.5) is 0 Å². The van der Waals surface area contributed by atoms with E-state index in [1.165, 1.54) is 0 Å². The molecule has 3 rings (SSSR count). The molecule has 0 spiro atoms. The lowest BCUT2D eigenvalue weighted by atomic mass is 9.95. The molecule has 0 saturated carbocycles. The van der Waals surface area contributed by atoms with Crippen molar-refractivity contribution in [2.45, 2.75) is 25.3 Å². The van der Waals surface area contributed by atoms with Gasteiger partial charge in [-0.2, -0.15) is 0 Å². The lowest BCUT2D eigenvalue weighted by molar-refractivity contribution is -0.137. The quantitative estimate of drug-likeness (QED) is 0.822. The molecule has 0 bridgehead atoms. The second kappa shape index (κ2) is 5.91. The summed E-state index contributed by atoms with van der Waals surface area (Å²) in [6.45, 7) is 0.394. The van der Waals surface area contributed by atoms with Crippen molar-refractivity contribution in [3.63, 3.8) is 0 Å². The maximum atomic E-state index is 12.7. The smallest absolute Gasteiger partial charge is 0.229 e. The molecule has 5 nitrogen and oxygen atoms in total. The largest absolute Gasteiger partial charge is 0.492 e. The van der Waals surface area contributed by atoms with E-state index in [-0.39, 0.29) is 29.4 Å². The number of ether oxygens (including phenoxy) is 1. The summed E-state index contributed by atoms with van der Waals surface area (Å²) in [5.74, 6) is 1.09. The molecule has 2 aliphatic heterocycles. The summed E-state index contributed by atoms with van der Waals surface area (Å²) >= 11 is 0. The van der Waals surface area contributed by atoms with Crippen molar-refractivity contribution in [1.29, 1.82) is 0 Å². The first-order valence-corrected chi connectivity index (χ1v) is 9.46. The van der Waals surface area contributed by atoms with Gasteiger partial charge < -0.3 is 9.64 Å². The summed E-state index contributed by atoms with van der Waals surface area (Å²) in [5.41, 5.74) is 1.06. The van der Waals surface area contributed by atoms with E-state index in [9.17, 15) is 13.2 Å². The van der Waals surface area contributed by atoms with Crippen LogP contribution in [0.15, 0.2) is 24.3 Å². The van der Waals surface area contributed by atoms with E-state index in [1.54, 1.807) is 11.9 Å². The van der Waals surface area contributed by atoms with Crippen LogP contribution < -0.4 is 4.74 Å². The second-order valence-electron chi connectivity index (χ2n) is 6.15. The van der Waals surface area contributed by atoms with Crippen molar-refractivity contribution in [3.05, 3.63) is 29.8 Å². The highest BCUT2D eigenvalue weighted by Crippen LogP contribution is 2.28. The van der Waals surface area contributed by atoms with Crippen LogP contribution >= 0.6 is 0 Å². The number of nitrogens with zero attached hydrogens (tertiary/aromatic N) is 1. The Morgan fingerprint density at radius 3 is 2.64 bits per heavy atom. The fraction of sp³-hybridized carbons (Fsp3) is 0.562. The molecule has 0 unspecified atom stereocenters. The van der Waals surface area contributed by atoms with Crippen LogP contribution in [0.5, 0.6) is 5.75 Å². The SMILES string of the molecule is CN(C(=O)[C@@H]1COc2ccccc2C1)C1CCS(=O)(=O)CC1. The second-order valence-corrected chi connectivity index (χ2v) is 8.46. The van der Waals surface area contributed by atoms with Gasteiger partial charge >= 0.3 is 0 Å². The zero-order chi connectivity index (χ0) is 15.7. The number of para-hydroxylation sites is 1. The van der Waals surface area contributed by atoms with Crippen molar-refractivity contribution in [3.8, 4) is 5.75 Å². The number of fused-ring (bicyclic) bond motifs is 1. The highest BCUT2D eigenvalue weighted by Gasteiger charge is 2.33. The molecule has 1 atom stereocenters. The van der Waals surface area contributed by atoms with Gasteiger partial charge in [0.1, 0.15) is 22.2 Å². The van der Waals surface area contributed by atoms with Crippen LogP contribution in [0.1, 0.15) is 18.4 Å². The van der Waals surface area contributed by atoms with Gasteiger partial charge in [-0.1, -0.05) is 18.2 Å². The van der Waals surface area contributed by atoms with Crippen molar-refractivity contribution in [1.82, 2.24) is 4.90 Å². The summed E-state index contributed by atoms with van der Waals surface area (Å²) in [4.78, 5) is 14.4. The van der Waals surface area contributed by atoms with Gasteiger partial charge in [0, 0.05) is 13.1 Å². The third-order valence-electron chi connectivity index (χ3n) is 4.65. The van der Waals surface area contributed by atoms with Gasteiger partial charge in [-0.05, 0) is 30.9 Å². The first kappa shape index (κ1) is 15.3. The average molecular weight is 323 g/mol. The minimum Gasteiger partial charge on any atom is -0.492 e. The number of hydrogen-bond acceptors (Lipinski definition) is 4. The third kappa shape index (κ3) is 3.11. The molecule has 1 amide bonds. The number of carbonyl (C=O) groups is 1. The van der Waals surface area contributed by atoms with E-state index in [0.717, 1.165) is 11.3 Å². The van der Waals surface area contributed by atoms with Crippen LogP contribution in [0.2, 0.25) is 0 Å². The monoisotopic (exact) mass is 323 g/mol. The fourth-order valence-corrected chi connectivity index (χ4v) is 4.69. The molecule has 0 radical (unpaired) electrons. The van der Waals surface area contributed by atoms with E-state index < -0.39 is 9.84 Å². The van der Waals surface area contributed by atoms with Gasteiger partial charge in [0.15, 0.2) is 0 Å². The van der Waals surface area contributed by atoms with Crippen LogP contribution in [0.25, 0.3) is 0 Å². The Kier molecular flexibility index (Phi) is 4.12. The van der Waals surface area contributed by atoms with Gasteiger partial charge in [-0.15, -0.1) is 0 Å². The summed E-state index contributed by atoms with van der Waals surface area (Å²) in [6, 6.07) is 7.81. The zero-order valence-corrected chi connectivity index (χ0v) is 13.5. The number of sulfone groups is 1.